The van der Waals surface area contributed by atoms with E-state index in [9.17, 15) is 18.7 Å². The van der Waals surface area contributed by atoms with Gasteiger partial charge in [-0.05, 0) is 25.0 Å². The molecule has 0 fully saturated rings. The van der Waals surface area contributed by atoms with Crippen molar-refractivity contribution >= 4 is 11.8 Å². The first-order chi connectivity index (χ1) is 17.3. The van der Waals surface area contributed by atoms with E-state index in [1.165, 1.54) is 17.2 Å². The van der Waals surface area contributed by atoms with Gasteiger partial charge in [0.05, 0.1) is 23.9 Å². The average molecular weight is 497 g/mol. The number of anilines is 1. The SMILES string of the molecule is CCC(CC)(CN(C)c1nc(-c2cc(-c3ccon3)n(Cc3ccccc3F)n2)ncc1F)C(=O)O. The molecular formula is C25H26F2N6O3. The summed E-state index contributed by atoms with van der Waals surface area (Å²) in [6.07, 6.45) is 3.20. The number of halogens is 2. The first-order valence-electron chi connectivity index (χ1n) is 11.5. The van der Waals surface area contributed by atoms with Crippen LogP contribution in [-0.4, -0.2) is 49.6 Å². The maximum Gasteiger partial charge on any atom is 0.311 e. The van der Waals surface area contributed by atoms with E-state index in [0.29, 0.717) is 35.5 Å². The number of nitrogens with zero attached hydrogens (tertiary/aromatic N) is 6. The van der Waals surface area contributed by atoms with E-state index in [2.05, 4.69) is 20.2 Å². The third kappa shape index (κ3) is 4.81. The number of aromatic nitrogens is 5. The molecule has 1 N–H and O–H groups in total. The molecule has 4 aromatic rings. The van der Waals surface area contributed by atoms with Crippen LogP contribution in [0.4, 0.5) is 14.6 Å². The normalized spacial score (nSPS) is 11.6. The number of carbonyl (C=O) groups is 1. The van der Waals surface area contributed by atoms with Gasteiger partial charge in [-0.25, -0.2) is 18.7 Å². The minimum absolute atomic E-state index is 0.0424. The van der Waals surface area contributed by atoms with Gasteiger partial charge < -0.3 is 14.5 Å². The van der Waals surface area contributed by atoms with Crippen molar-refractivity contribution in [1.29, 1.82) is 0 Å². The zero-order chi connectivity index (χ0) is 25.9. The van der Waals surface area contributed by atoms with Crippen LogP contribution in [-0.2, 0) is 11.3 Å². The quantitative estimate of drug-likeness (QED) is 0.338. The van der Waals surface area contributed by atoms with Gasteiger partial charge in [-0.15, -0.1) is 0 Å². The van der Waals surface area contributed by atoms with Crippen molar-refractivity contribution in [2.45, 2.75) is 33.2 Å². The molecule has 1 aromatic carbocycles. The molecular weight excluding hydrogens is 470 g/mol. The highest BCUT2D eigenvalue weighted by Gasteiger charge is 2.37. The van der Waals surface area contributed by atoms with Gasteiger partial charge >= 0.3 is 5.97 Å². The summed E-state index contributed by atoms with van der Waals surface area (Å²) in [5.41, 5.74) is 0.692. The lowest BCUT2D eigenvalue weighted by molar-refractivity contribution is -0.148. The highest BCUT2D eigenvalue weighted by atomic mass is 19.1. The third-order valence-corrected chi connectivity index (χ3v) is 6.42. The van der Waals surface area contributed by atoms with E-state index in [0.717, 1.165) is 6.20 Å². The highest BCUT2D eigenvalue weighted by molar-refractivity contribution is 5.75. The van der Waals surface area contributed by atoms with Gasteiger partial charge in [0, 0.05) is 25.2 Å². The molecule has 11 heteroatoms. The van der Waals surface area contributed by atoms with Gasteiger partial charge in [-0.1, -0.05) is 37.2 Å². The number of hydrogen-bond acceptors (Lipinski definition) is 7. The molecule has 0 spiro atoms. The van der Waals surface area contributed by atoms with Crippen LogP contribution in [0.25, 0.3) is 22.9 Å². The van der Waals surface area contributed by atoms with Gasteiger partial charge in [-0.2, -0.15) is 5.10 Å². The second-order valence-electron chi connectivity index (χ2n) is 8.56. The summed E-state index contributed by atoms with van der Waals surface area (Å²) in [7, 11) is 1.59. The molecule has 0 saturated carbocycles. The van der Waals surface area contributed by atoms with E-state index >= 15 is 0 Å². The van der Waals surface area contributed by atoms with Crippen molar-refractivity contribution < 1.29 is 23.2 Å². The Bertz CT molecular complexity index is 1350. The fourth-order valence-corrected chi connectivity index (χ4v) is 4.11. The average Bonchev–Trinajstić information content (AvgIpc) is 3.54. The standard InChI is InChI=1S/C25H26F2N6O3/c1-4-25(5-2,24(34)35)15-32(3)23-18(27)13-28-22(29-23)20-12-21(19-10-11-36-31-19)33(30-20)14-16-8-6-7-9-17(16)26/h6-13H,4-5,14-15H2,1-3H3,(H,34,35). The fraction of sp³-hybridized carbons (Fsp3) is 0.320. The van der Waals surface area contributed by atoms with E-state index in [-0.39, 0.29) is 30.5 Å². The van der Waals surface area contributed by atoms with Crippen molar-refractivity contribution in [3.63, 3.8) is 0 Å². The van der Waals surface area contributed by atoms with E-state index in [1.807, 2.05) is 0 Å². The molecule has 9 nitrogen and oxygen atoms in total. The number of benzene rings is 1. The second-order valence-corrected chi connectivity index (χ2v) is 8.56. The first-order valence-corrected chi connectivity index (χ1v) is 11.5. The molecule has 0 aliphatic heterocycles. The molecule has 0 aliphatic rings. The predicted molar refractivity (Wildman–Crippen MR) is 128 cm³/mol. The monoisotopic (exact) mass is 496 g/mol. The number of carboxylic acid groups (broad SMARTS) is 1. The topological polar surface area (TPSA) is 110 Å². The lowest BCUT2D eigenvalue weighted by atomic mass is 9.82. The summed E-state index contributed by atoms with van der Waals surface area (Å²) in [6, 6.07) is 9.66. The van der Waals surface area contributed by atoms with Crippen molar-refractivity contribution in [1.82, 2.24) is 24.9 Å². The molecule has 0 atom stereocenters. The Morgan fingerprint density at radius 2 is 1.89 bits per heavy atom. The molecule has 3 aromatic heterocycles. The molecule has 0 aliphatic carbocycles. The van der Waals surface area contributed by atoms with Crippen molar-refractivity contribution in [2.75, 3.05) is 18.5 Å². The minimum Gasteiger partial charge on any atom is -0.481 e. The molecule has 3 heterocycles. The maximum atomic E-state index is 14.8. The lowest BCUT2D eigenvalue weighted by Crippen LogP contribution is -2.41. The first kappa shape index (κ1) is 25.0. The Balaban J connectivity index is 1.72. The van der Waals surface area contributed by atoms with Gasteiger partial charge in [-0.3, -0.25) is 9.48 Å². The van der Waals surface area contributed by atoms with Gasteiger partial charge in [0.2, 0.25) is 0 Å². The number of hydrogen-bond donors (Lipinski definition) is 1. The number of rotatable bonds is 10. The summed E-state index contributed by atoms with van der Waals surface area (Å²) in [4.78, 5) is 21.9. The van der Waals surface area contributed by atoms with Crippen LogP contribution in [0.2, 0.25) is 0 Å². The van der Waals surface area contributed by atoms with Crippen molar-refractivity contribution in [2.24, 2.45) is 5.41 Å². The Morgan fingerprint density at radius 1 is 1.14 bits per heavy atom. The van der Waals surface area contributed by atoms with Crippen LogP contribution < -0.4 is 4.90 Å². The smallest absolute Gasteiger partial charge is 0.311 e. The van der Waals surface area contributed by atoms with Crippen LogP contribution in [0.1, 0.15) is 32.3 Å². The molecule has 0 bridgehead atoms. The molecule has 0 saturated heterocycles. The van der Waals surface area contributed by atoms with Gasteiger partial charge in [0.15, 0.2) is 17.5 Å². The molecule has 0 radical (unpaired) electrons. The van der Waals surface area contributed by atoms with E-state index in [1.54, 1.807) is 55.9 Å². The minimum atomic E-state index is -1.05. The molecule has 0 amide bonds. The van der Waals surface area contributed by atoms with E-state index < -0.39 is 17.2 Å². The summed E-state index contributed by atoms with van der Waals surface area (Å²) in [6.45, 7) is 3.76. The van der Waals surface area contributed by atoms with Crippen LogP contribution in [0.5, 0.6) is 0 Å². The Labute approximate surface area is 206 Å². The molecule has 4 rings (SSSR count). The summed E-state index contributed by atoms with van der Waals surface area (Å²) in [5.74, 6) is -1.92. The van der Waals surface area contributed by atoms with Crippen LogP contribution in [0, 0.1) is 17.0 Å². The van der Waals surface area contributed by atoms with Crippen LogP contribution in [0.15, 0.2) is 53.4 Å². The zero-order valence-electron chi connectivity index (χ0n) is 20.2. The van der Waals surface area contributed by atoms with Crippen molar-refractivity contribution in [3.05, 3.63) is 66.1 Å². The zero-order valence-corrected chi connectivity index (χ0v) is 20.2. The summed E-state index contributed by atoms with van der Waals surface area (Å²) >= 11 is 0. The Hall–Kier alpha value is -4.15. The van der Waals surface area contributed by atoms with E-state index in [4.69, 9.17) is 4.52 Å². The summed E-state index contributed by atoms with van der Waals surface area (Å²) < 4.78 is 35.6. The Kier molecular flexibility index (Phi) is 7.09. The number of aliphatic carboxylic acids is 1. The van der Waals surface area contributed by atoms with Crippen LogP contribution in [0.3, 0.4) is 0 Å². The second kappa shape index (κ2) is 10.2. The van der Waals surface area contributed by atoms with Gasteiger partial charge in [0.1, 0.15) is 23.5 Å². The molecule has 0 unspecified atom stereocenters. The number of carboxylic acids is 1. The van der Waals surface area contributed by atoms with Gasteiger partial charge in [0.25, 0.3) is 0 Å². The third-order valence-electron chi connectivity index (χ3n) is 6.42. The fourth-order valence-electron chi connectivity index (χ4n) is 4.11. The van der Waals surface area contributed by atoms with Crippen molar-refractivity contribution in [3.8, 4) is 22.9 Å². The summed E-state index contributed by atoms with van der Waals surface area (Å²) in [5, 5.41) is 18.3. The highest BCUT2D eigenvalue weighted by Crippen LogP contribution is 2.31. The molecule has 188 valence electrons. The predicted octanol–water partition coefficient (Wildman–Crippen LogP) is 4.65. The largest absolute Gasteiger partial charge is 0.481 e. The van der Waals surface area contributed by atoms with Crippen LogP contribution >= 0.6 is 0 Å². The Morgan fingerprint density at radius 3 is 2.53 bits per heavy atom. The maximum absolute atomic E-state index is 14.8. The lowest BCUT2D eigenvalue weighted by Gasteiger charge is -2.32. The molecule has 36 heavy (non-hydrogen) atoms.